The van der Waals surface area contributed by atoms with Gasteiger partial charge in [0, 0.05) is 16.6 Å². The second kappa shape index (κ2) is 7.58. The number of halogens is 1. The smallest absolute Gasteiger partial charge is 0.0507 e. The number of nitrogens with two attached hydrogens (primary N) is 1. The highest BCUT2D eigenvalue weighted by molar-refractivity contribution is 9.10. The number of benzene rings is 1. The predicted molar refractivity (Wildman–Crippen MR) is 89.8 cm³/mol. The first-order valence-electron chi connectivity index (χ1n) is 7.83. The molecule has 0 aromatic heterocycles. The van der Waals surface area contributed by atoms with Crippen LogP contribution in [0.25, 0.3) is 0 Å². The second-order valence-corrected chi connectivity index (χ2v) is 6.99. The van der Waals surface area contributed by atoms with Gasteiger partial charge < -0.3 is 5.73 Å². The fourth-order valence-corrected chi connectivity index (χ4v) is 4.00. The van der Waals surface area contributed by atoms with Gasteiger partial charge in [0.2, 0.25) is 0 Å². The van der Waals surface area contributed by atoms with Gasteiger partial charge in [0.1, 0.15) is 0 Å². The molecule has 1 fully saturated rings. The molecule has 0 amide bonds. The maximum Gasteiger partial charge on any atom is 0.0507 e. The lowest BCUT2D eigenvalue weighted by Crippen LogP contribution is -2.43. The molecule has 1 saturated carbocycles. The van der Waals surface area contributed by atoms with Crippen molar-refractivity contribution in [2.75, 3.05) is 7.05 Å². The average Bonchev–Trinajstić information content (AvgIpc) is 2.69. The van der Waals surface area contributed by atoms with Crippen LogP contribution in [-0.2, 0) is 0 Å². The van der Waals surface area contributed by atoms with Gasteiger partial charge in [-0.25, -0.2) is 0 Å². The van der Waals surface area contributed by atoms with E-state index in [9.17, 15) is 0 Å². The Labute approximate surface area is 131 Å². The van der Waals surface area contributed by atoms with Crippen LogP contribution < -0.4 is 5.73 Å². The molecule has 1 aromatic carbocycles. The Balaban J connectivity index is 2.21. The molecular formula is C17H27BrN2. The van der Waals surface area contributed by atoms with Crippen molar-refractivity contribution in [2.45, 2.75) is 63.6 Å². The predicted octanol–water partition coefficient (Wildman–Crippen LogP) is 4.49. The molecule has 0 aliphatic heterocycles. The van der Waals surface area contributed by atoms with Gasteiger partial charge >= 0.3 is 0 Å². The van der Waals surface area contributed by atoms with Crippen molar-refractivity contribution >= 4 is 15.9 Å². The van der Waals surface area contributed by atoms with E-state index in [1.54, 1.807) is 0 Å². The number of hydrogen-bond donors (Lipinski definition) is 1. The Morgan fingerprint density at radius 3 is 2.30 bits per heavy atom. The standard InChI is InChI=1S/C17H27BrN2/c1-13(19)17(15-11-7-8-12-16(15)18)20(2)14-9-5-3-4-6-10-14/h7-8,11-14,17H,3-6,9-10,19H2,1-2H3. The van der Waals surface area contributed by atoms with Crippen molar-refractivity contribution in [1.29, 1.82) is 0 Å². The van der Waals surface area contributed by atoms with Crippen molar-refractivity contribution in [1.82, 2.24) is 4.90 Å². The summed E-state index contributed by atoms with van der Waals surface area (Å²) in [6.45, 7) is 2.12. The van der Waals surface area contributed by atoms with Crippen molar-refractivity contribution in [2.24, 2.45) is 5.73 Å². The maximum atomic E-state index is 6.32. The van der Waals surface area contributed by atoms with Crippen LogP contribution in [0.1, 0.15) is 57.1 Å². The van der Waals surface area contributed by atoms with Gasteiger partial charge in [-0.3, -0.25) is 4.90 Å². The van der Waals surface area contributed by atoms with E-state index in [0.717, 1.165) is 0 Å². The molecule has 0 heterocycles. The first-order valence-corrected chi connectivity index (χ1v) is 8.62. The lowest BCUT2D eigenvalue weighted by molar-refractivity contribution is 0.140. The molecule has 2 N–H and O–H groups in total. The monoisotopic (exact) mass is 338 g/mol. The number of likely N-dealkylation sites (N-methyl/N-ethyl adjacent to an activating group) is 1. The van der Waals surface area contributed by atoms with Gasteiger partial charge in [-0.05, 0) is 38.4 Å². The molecule has 1 aliphatic rings. The third-order valence-corrected chi connectivity index (χ3v) is 5.28. The van der Waals surface area contributed by atoms with Gasteiger partial charge in [-0.1, -0.05) is 59.8 Å². The second-order valence-electron chi connectivity index (χ2n) is 6.14. The molecule has 2 rings (SSSR count). The molecular weight excluding hydrogens is 312 g/mol. The van der Waals surface area contributed by atoms with Crippen LogP contribution in [0.3, 0.4) is 0 Å². The third kappa shape index (κ3) is 3.84. The highest BCUT2D eigenvalue weighted by Crippen LogP contribution is 2.33. The molecule has 1 aliphatic carbocycles. The van der Waals surface area contributed by atoms with E-state index in [0.29, 0.717) is 6.04 Å². The molecule has 20 heavy (non-hydrogen) atoms. The average molecular weight is 339 g/mol. The maximum absolute atomic E-state index is 6.32. The topological polar surface area (TPSA) is 29.3 Å². The Bertz CT molecular complexity index is 411. The molecule has 2 nitrogen and oxygen atoms in total. The van der Waals surface area contributed by atoms with Crippen LogP contribution in [0.15, 0.2) is 28.7 Å². The zero-order chi connectivity index (χ0) is 14.5. The Kier molecular flexibility index (Phi) is 6.06. The summed E-state index contributed by atoms with van der Waals surface area (Å²) in [6.07, 6.45) is 8.12. The van der Waals surface area contributed by atoms with Crippen LogP contribution in [0.5, 0.6) is 0 Å². The minimum atomic E-state index is 0.127. The number of hydrogen-bond acceptors (Lipinski definition) is 2. The van der Waals surface area contributed by atoms with E-state index >= 15 is 0 Å². The largest absolute Gasteiger partial charge is 0.326 e. The van der Waals surface area contributed by atoms with Crippen molar-refractivity contribution < 1.29 is 0 Å². The van der Waals surface area contributed by atoms with Gasteiger partial charge in [-0.2, -0.15) is 0 Å². The molecule has 2 atom stereocenters. The fraction of sp³-hybridized carbons (Fsp3) is 0.647. The van der Waals surface area contributed by atoms with Gasteiger partial charge in [0.25, 0.3) is 0 Å². The highest BCUT2D eigenvalue weighted by atomic mass is 79.9. The quantitative estimate of drug-likeness (QED) is 0.819. The molecule has 0 bridgehead atoms. The lowest BCUT2D eigenvalue weighted by atomic mass is 9.96. The van der Waals surface area contributed by atoms with E-state index in [1.165, 1.54) is 48.6 Å². The highest BCUT2D eigenvalue weighted by Gasteiger charge is 2.28. The summed E-state index contributed by atoms with van der Waals surface area (Å²) in [5.41, 5.74) is 7.64. The first-order chi connectivity index (χ1) is 9.61. The van der Waals surface area contributed by atoms with E-state index in [1.807, 2.05) is 0 Å². The molecule has 2 unspecified atom stereocenters. The Hall–Kier alpha value is -0.380. The summed E-state index contributed by atoms with van der Waals surface area (Å²) in [4.78, 5) is 2.52. The normalized spacial score (nSPS) is 20.6. The first kappa shape index (κ1) is 16.0. The van der Waals surface area contributed by atoms with Crippen LogP contribution >= 0.6 is 15.9 Å². The van der Waals surface area contributed by atoms with Crippen molar-refractivity contribution in [3.63, 3.8) is 0 Å². The summed E-state index contributed by atoms with van der Waals surface area (Å²) in [6, 6.07) is 9.57. The van der Waals surface area contributed by atoms with E-state index in [-0.39, 0.29) is 12.1 Å². The molecule has 3 heteroatoms. The molecule has 112 valence electrons. The molecule has 0 spiro atoms. The Morgan fingerprint density at radius 2 is 1.75 bits per heavy atom. The zero-order valence-corrected chi connectivity index (χ0v) is 14.3. The summed E-state index contributed by atoms with van der Waals surface area (Å²) >= 11 is 3.69. The van der Waals surface area contributed by atoms with Crippen LogP contribution in [0, 0.1) is 0 Å². The van der Waals surface area contributed by atoms with Gasteiger partial charge in [0.05, 0.1) is 6.04 Å². The molecule has 0 saturated heterocycles. The Morgan fingerprint density at radius 1 is 1.15 bits per heavy atom. The van der Waals surface area contributed by atoms with Crippen LogP contribution in [0.2, 0.25) is 0 Å². The number of rotatable bonds is 4. The van der Waals surface area contributed by atoms with E-state index in [4.69, 9.17) is 5.73 Å². The van der Waals surface area contributed by atoms with E-state index < -0.39 is 0 Å². The zero-order valence-electron chi connectivity index (χ0n) is 12.7. The third-order valence-electron chi connectivity index (χ3n) is 4.56. The summed E-state index contributed by atoms with van der Waals surface area (Å²) in [5, 5.41) is 0. The van der Waals surface area contributed by atoms with Gasteiger partial charge in [0.15, 0.2) is 0 Å². The minimum absolute atomic E-state index is 0.127. The molecule has 0 radical (unpaired) electrons. The lowest BCUT2D eigenvalue weighted by Gasteiger charge is -2.37. The van der Waals surface area contributed by atoms with Gasteiger partial charge in [-0.15, -0.1) is 0 Å². The van der Waals surface area contributed by atoms with E-state index in [2.05, 4.69) is 59.1 Å². The van der Waals surface area contributed by atoms with Crippen molar-refractivity contribution in [3.8, 4) is 0 Å². The SMILES string of the molecule is CC(N)C(c1ccccc1Br)N(C)C1CCCCCC1. The summed E-state index contributed by atoms with van der Waals surface area (Å²) in [5.74, 6) is 0. The molecule has 1 aromatic rings. The summed E-state index contributed by atoms with van der Waals surface area (Å²) in [7, 11) is 2.25. The fourth-order valence-electron chi connectivity index (χ4n) is 3.48. The van der Waals surface area contributed by atoms with Crippen LogP contribution in [-0.4, -0.2) is 24.0 Å². The minimum Gasteiger partial charge on any atom is -0.326 e. The van der Waals surface area contributed by atoms with Crippen molar-refractivity contribution in [3.05, 3.63) is 34.3 Å². The number of nitrogens with zero attached hydrogens (tertiary/aromatic N) is 1. The summed E-state index contributed by atoms with van der Waals surface area (Å²) < 4.78 is 1.17. The van der Waals surface area contributed by atoms with Crippen LogP contribution in [0.4, 0.5) is 0 Å².